The maximum absolute atomic E-state index is 8.67. The monoisotopic (exact) mass is 184 g/mol. The molecule has 44 valence electrons. The summed E-state index contributed by atoms with van der Waals surface area (Å²) in [6.07, 6.45) is 1.89. The second kappa shape index (κ2) is 5.02. The highest BCUT2D eigenvalue weighted by Gasteiger charge is 1.90. The maximum atomic E-state index is 8.67. The highest BCUT2D eigenvalue weighted by Crippen LogP contribution is 2.20. The Labute approximate surface area is 54.0 Å². The van der Waals surface area contributed by atoms with Gasteiger partial charge >= 0.3 is 0 Å². The zero-order valence-corrected chi connectivity index (χ0v) is 6.90. The van der Waals surface area contributed by atoms with Crippen molar-refractivity contribution >= 4 is 22.8 Å². The van der Waals surface area contributed by atoms with E-state index < -0.39 is 0 Å². The van der Waals surface area contributed by atoms with Gasteiger partial charge in [0.15, 0.2) is 0 Å². The van der Waals surface area contributed by atoms with E-state index in [0.717, 1.165) is 19.9 Å². The van der Waals surface area contributed by atoms with Gasteiger partial charge in [0.05, 0.1) is 6.10 Å². The third-order valence-corrected chi connectivity index (χ3v) is 2.32. The van der Waals surface area contributed by atoms with Gasteiger partial charge in [0.25, 0.3) is 0 Å². The molecule has 0 aromatic rings. The molecular formula is C4H10BrOP. The van der Waals surface area contributed by atoms with Crippen LogP contribution >= 0.6 is 22.8 Å². The Morgan fingerprint density at radius 3 is 2.57 bits per heavy atom. The molecule has 0 spiro atoms. The van der Waals surface area contributed by atoms with Gasteiger partial charge in [-0.05, 0) is 19.5 Å². The average molecular weight is 185 g/mol. The highest BCUT2D eigenvalue weighted by molar-refractivity contribution is 9.36. The second-order valence-corrected chi connectivity index (χ2v) is 3.97. The minimum absolute atomic E-state index is 0.120. The van der Waals surface area contributed by atoms with Crippen molar-refractivity contribution in [2.24, 2.45) is 0 Å². The zero-order valence-electron chi connectivity index (χ0n) is 4.32. The van der Waals surface area contributed by atoms with Crippen molar-refractivity contribution in [3.05, 3.63) is 0 Å². The topological polar surface area (TPSA) is 20.2 Å². The molecule has 0 amide bonds. The number of hydrogen-bond acceptors (Lipinski definition) is 1. The van der Waals surface area contributed by atoms with Gasteiger partial charge in [0.1, 0.15) is 0 Å². The van der Waals surface area contributed by atoms with Gasteiger partial charge < -0.3 is 5.11 Å². The quantitative estimate of drug-likeness (QED) is 0.664. The number of rotatable bonds is 3. The van der Waals surface area contributed by atoms with Gasteiger partial charge in [0, 0.05) is 0 Å². The van der Waals surface area contributed by atoms with Gasteiger partial charge in [-0.1, -0.05) is 22.8 Å². The Morgan fingerprint density at radius 2 is 2.43 bits per heavy atom. The van der Waals surface area contributed by atoms with Crippen LogP contribution in [0.2, 0.25) is 0 Å². The minimum atomic E-state index is -0.120. The van der Waals surface area contributed by atoms with Crippen LogP contribution in [0.25, 0.3) is 0 Å². The first-order valence-corrected chi connectivity index (χ1v) is 5.75. The number of aliphatic hydroxyl groups is 1. The zero-order chi connectivity index (χ0) is 5.70. The molecule has 0 aliphatic rings. The molecule has 0 aromatic heterocycles. The number of hydrogen-bond donors (Lipinski definition) is 1. The molecule has 7 heavy (non-hydrogen) atoms. The lowest BCUT2D eigenvalue weighted by Gasteiger charge is -1.97. The fourth-order valence-electron chi connectivity index (χ4n) is 0.263. The molecule has 0 bridgehead atoms. The fraction of sp³-hybridized carbons (Fsp3) is 1.00. The lowest BCUT2D eigenvalue weighted by atomic mass is 10.3. The van der Waals surface area contributed by atoms with E-state index >= 15 is 0 Å². The van der Waals surface area contributed by atoms with E-state index in [0.29, 0.717) is 0 Å². The molecule has 0 aliphatic heterocycles. The van der Waals surface area contributed by atoms with Crippen LogP contribution in [0.1, 0.15) is 13.3 Å². The van der Waals surface area contributed by atoms with E-state index in [2.05, 4.69) is 15.5 Å². The molecular weight excluding hydrogens is 175 g/mol. The molecule has 1 nitrogen and oxygen atoms in total. The maximum Gasteiger partial charge on any atom is 0.0515 e. The molecule has 0 radical (unpaired) electrons. The van der Waals surface area contributed by atoms with Gasteiger partial charge in [-0.2, -0.15) is 0 Å². The summed E-state index contributed by atoms with van der Waals surface area (Å²) in [5.74, 6) is 0. The Kier molecular flexibility index (Phi) is 5.64. The summed E-state index contributed by atoms with van der Waals surface area (Å²) < 4.78 is 0. The van der Waals surface area contributed by atoms with Crippen molar-refractivity contribution in [1.29, 1.82) is 0 Å². The molecule has 0 rings (SSSR count). The van der Waals surface area contributed by atoms with Crippen molar-refractivity contribution in [2.75, 3.05) is 6.16 Å². The molecule has 0 saturated carbocycles. The summed E-state index contributed by atoms with van der Waals surface area (Å²) >= 11 is 3.29. The normalized spacial score (nSPS) is 15.9. The van der Waals surface area contributed by atoms with E-state index in [4.69, 9.17) is 5.11 Å². The van der Waals surface area contributed by atoms with Crippen LogP contribution in [-0.2, 0) is 0 Å². The Morgan fingerprint density at radius 1 is 1.86 bits per heavy atom. The molecule has 0 heterocycles. The van der Waals surface area contributed by atoms with E-state index in [9.17, 15) is 0 Å². The predicted octanol–water partition coefficient (Wildman–Crippen LogP) is 1.75. The predicted molar refractivity (Wildman–Crippen MR) is 38.4 cm³/mol. The van der Waals surface area contributed by atoms with Crippen LogP contribution in [0.3, 0.4) is 0 Å². The van der Waals surface area contributed by atoms with E-state index in [1.807, 2.05) is 6.92 Å². The average Bonchev–Trinajstić information content (AvgIpc) is 1.61. The highest BCUT2D eigenvalue weighted by atomic mass is 79.9. The van der Waals surface area contributed by atoms with Gasteiger partial charge in [0.2, 0.25) is 0 Å². The van der Waals surface area contributed by atoms with E-state index in [-0.39, 0.29) is 6.10 Å². The largest absolute Gasteiger partial charge is 0.393 e. The van der Waals surface area contributed by atoms with Crippen LogP contribution in [0.15, 0.2) is 0 Å². The first kappa shape index (κ1) is 7.87. The summed E-state index contributed by atoms with van der Waals surface area (Å²) in [4.78, 5) is 0. The molecule has 2 unspecified atom stereocenters. The van der Waals surface area contributed by atoms with Crippen LogP contribution < -0.4 is 0 Å². The van der Waals surface area contributed by atoms with Crippen molar-refractivity contribution in [1.82, 2.24) is 0 Å². The summed E-state index contributed by atoms with van der Waals surface area (Å²) in [5.41, 5.74) is 0. The molecule has 0 aliphatic carbocycles. The van der Waals surface area contributed by atoms with Crippen molar-refractivity contribution in [2.45, 2.75) is 19.4 Å². The van der Waals surface area contributed by atoms with E-state index in [1.54, 1.807) is 0 Å². The van der Waals surface area contributed by atoms with E-state index in [1.165, 1.54) is 0 Å². The third kappa shape index (κ3) is 6.87. The Bertz CT molecular complexity index is 40.7. The molecule has 0 aromatic carbocycles. The fourth-order valence-corrected chi connectivity index (χ4v) is 1.48. The summed E-state index contributed by atoms with van der Waals surface area (Å²) in [6, 6.07) is 0. The Balaban J connectivity index is 2.68. The van der Waals surface area contributed by atoms with Crippen LogP contribution in [0.5, 0.6) is 0 Å². The van der Waals surface area contributed by atoms with Crippen molar-refractivity contribution in [3.8, 4) is 0 Å². The second-order valence-electron chi connectivity index (χ2n) is 1.52. The standard InChI is InChI=1S/C4H10BrOP/c1-4(6)2-3-7-5/h4,6-7H,2-3H2,1H3. The third-order valence-electron chi connectivity index (χ3n) is 0.657. The smallest absolute Gasteiger partial charge is 0.0515 e. The molecule has 3 heteroatoms. The van der Waals surface area contributed by atoms with Gasteiger partial charge in [-0.15, -0.1) is 0 Å². The first-order chi connectivity index (χ1) is 3.27. The van der Waals surface area contributed by atoms with Crippen molar-refractivity contribution < 1.29 is 5.11 Å². The summed E-state index contributed by atoms with van der Waals surface area (Å²) in [7, 11) is 0.803. The summed E-state index contributed by atoms with van der Waals surface area (Å²) in [5, 5.41) is 8.67. The molecule has 0 saturated heterocycles. The van der Waals surface area contributed by atoms with Crippen LogP contribution in [0.4, 0.5) is 0 Å². The van der Waals surface area contributed by atoms with Gasteiger partial charge in [-0.3, -0.25) is 0 Å². The van der Waals surface area contributed by atoms with Crippen molar-refractivity contribution in [3.63, 3.8) is 0 Å². The number of halogens is 1. The molecule has 0 fully saturated rings. The number of aliphatic hydroxyl groups excluding tert-OH is 1. The summed E-state index contributed by atoms with van der Waals surface area (Å²) in [6.45, 7) is 1.81. The molecule has 2 atom stereocenters. The minimum Gasteiger partial charge on any atom is -0.393 e. The van der Waals surface area contributed by atoms with Crippen LogP contribution in [0, 0.1) is 0 Å². The lowest BCUT2D eigenvalue weighted by Crippen LogP contribution is -1.98. The SMILES string of the molecule is CC(O)CCPBr. The van der Waals surface area contributed by atoms with Gasteiger partial charge in [-0.25, -0.2) is 0 Å². The first-order valence-electron chi connectivity index (χ1n) is 2.29. The Hall–Kier alpha value is 0.870. The molecule has 1 N–H and O–H groups in total. The van der Waals surface area contributed by atoms with Crippen LogP contribution in [-0.4, -0.2) is 17.4 Å². The lowest BCUT2D eigenvalue weighted by molar-refractivity contribution is 0.192.